The van der Waals surface area contributed by atoms with Crippen LogP contribution in [0.4, 0.5) is 0 Å². The molecule has 124 valence electrons. The van der Waals surface area contributed by atoms with Gasteiger partial charge in [0.05, 0.1) is 6.10 Å². The van der Waals surface area contributed by atoms with Crippen LogP contribution >= 0.6 is 0 Å². The highest BCUT2D eigenvalue weighted by Gasteiger charge is 2.42. The molecule has 1 fully saturated rings. The van der Waals surface area contributed by atoms with E-state index in [0.717, 1.165) is 64.6 Å². The molecule has 1 aliphatic rings. The number of ether oxygens (including phenoxy) is 1. The lowest BCUT2D eigenvalue weighted by molar-refractivity contribution is -0.121. The number of nitrogens with one attached hydrogen (secondary N) is 2. The van der Waals surface area contributed by atoms with Gasteiger partial charge in [0, 0.05) is 26.7 Å². The summed E-state index contributed by atoms with van der Waals surface area (Å²) >= 11 is 0. The molecular formula is C16H32N2O3. The van der Waals surface area contributed by atoms with Crippen molar-refractivity contribution in [1.82, 2.24) is 10.6 Å². The summed E-state index contributed by atoms with van der Waals surface area (Å²) in [6.07, 6.45) is 7.26. The van der Waals surface area contributed by atoms with Crippen molar-refractivity contribution in [2.24, 2.45) is 5.41 Å². The number of aliphatic hydroxyl groups is 1. The van der Waals surface area contributed by atoms with Crippen molar-refractivity contribution in [2.45, 2.75) is 57.5 Å². The average molecular weight is 300 g/mol. The van der Waals surface area contributed by atoms with Gasteiger partial charge in [-0.05, 0) is 57.5 Å². The molecule has 3 N–H and O–H groups in total. The van der Waals surface area contributed by atoms with Crippen molar-refractivity contribution >= 4 is 5.91 Å². The Balaban J connectivity index is 2.09. The standard InChI is InChI=1S/C16H32N2O3/c1-17-9-7-16(12-14(19)13-16)8-10-18-15(20)6-4-3-5-11-21-2/h14,17,19H,3-13H2,1-2H3,(H,18,20). The molecule has 1 aliphatic carbocycles. The van der Waals surface area contributed by atoms with Crippen molar-refractivity contribution in [2.75, 3.05) is 33.9 Å². The number of amides is 1. The third-order valence-corrected chi connectivity index (χ3v) is 4.47. The molecule has 1 saturated carbocycles. The fourth-order valence-corrected chi connectivity index (χ4v) is 3.13. The van der Waals surface area contributed by atoms with Gasteiger partial charge in [0.25, 0.3) is 0 Å². The zero-order chi connectivity index (χ0) is 15.6. The first-order chi connectivity index (χ1) is 10.1. The third-order valence-electron chi connectivity index (χ3n) is 4.47. The molecule has 0 heterocycles. The van der Waals surface area contributed by atoms with Crippen LogP contribution in [0.3, 0.4) is 0 Å². The lowest BCUT2D eigenvalue weighted by Crippen LogP contribution is -2.44. The fraction of sp³-hybridized carbons (Fsp3) is 0.938. The summed E-state index contributed by atoms with van der Waals surface area (Å²) in [5.74, 6) is 0.149. The van der Waals surface area contributed by atoms with Gasteiger partial charge < -0.3 is 20.5 Å². The first-order valence-electron chi connectivity index (χ1n) is 8.20. The molecular weight excluding hydrogens is 268 g/mol. The van der Waals surface area contributed by atoms with Gasteiger partial charge in [-0.3, -0.25) is 4.79 Å². The minimum absolute atomic E-state index is 0.140. The Hall–Kier alpha value is -0.650. The van der Waals surface area contributed by atoms with Gasteiger partial charge in [-0.15, -0.1) is 0 Å². The molecule has 5 heteroatoms. The maximum atomic E-state index is 11.7. The highest BCUT2D eigenvalue weighted by atomic mass is 16.5. The number of carbonyl (C=O) groups is 1. The lowest BCUT2D eigenvalue weighted by Gasteiger charge is -2.46. The highest BCUT2D eigenvalue weighted by Crippen LogP contribution is 2.46. The van der Waals surface area contributed by atoms with Crippen molar-refractivity contribution in [3.05, 3.63) is 0 Å². The van der Waals surface area contributed by atoms with Crippen LogP contribution in [-0.2, 0) is 9.53 Å². The van der Waals surface area contributed by atoms with E-state index in [1.807, 2.05) is 7.05 Å². The summed E-state index contributed by atoms with van der Waals surface area (Å²) in [5, 5.41) is 15.7. The maximum absolute atomic E-state index is 11.7. The Bertz CT molecular complexity index is 291. The second-order valence-corrected chi connectivity index (χ2v) is 6.32. The van der Waals surface area contributed by atoms with E-state index in [0.29, 0.717) is 6.42 Å². The lowest BCUT2D eigenvalue weighted by atomic mass is 9.63. The van der Waals surface area contributed by atoms with Crippen LogP contribution in [0.25, 0.3) is 0 Å². The van der Waals surface area contributed by atoms with Gasteiger partial charge in [0.1, 0.15) is 0 Å². The van der Waals surface area contributed by atoms with Crippen molar-refractivity contribution in [1.29, 1.82) is 0 Å². The van der Waals surface area contributed by atoms with E-state index in [9.17, 15) is 9.90 Å². The number of hydrogen-bond donors (Lipinski definition) is 3. The number of unbranched alkanes of at least 4 members (excludes halogenated alkanes) is 2. The van der Waals surface area contributed by atoms with Crippen molar-refractivity contribution in [3.63, 3.8) is 0 Å². The molecule has 0 aliphatic heterocycles. The van der Waals surface area contributed by atoms with Crippen LogP contribution in [0.1, 0.15) is 51.4 Å². The van der Waals surface area contributed by atoms with Crippen LogP contribution in [0.15, 0.2) is 0 Å². The molecule has 5 nitrogen and oxygen atoms in total. The molecule has 1 rings (SSSR count). The molecule has 0 bridgehead atoms. The quantitative estimate of drug-likeness (QED) is 0.477. The normalized spacial score (nSPS) is 24.6. The van der Waals surface area contributed by atoms with Crippen LogP contribution in [0.5, 0.6) is 0 Å². The average Bonchev–Trinajstić information content (AvgIpc) is 2.43. The number of methoxy groups -OCH3 is 1. The highest BCUT2D eigenvalue weighted by molar-refractivity contribution is 5.75. The zero-order valence-electron chi connectivity index (χ0n) is 13.6. The molecule has 0 aromatic heterocycles. The van der Waals surface area contributed by atoms with E-state index in [1.165, 1.54) is 0 Å². The van der Waals surface area contributed by atoms with E-state index in [2.05, 4.69) is 10.6 Å². The Morgan fingerprint density at radius 1 is 1.24 bits per heavy atom. The Labute approximate surface area is 128 Å². The first kappa shape index (κ1) is 18.4. The largest absolute Gasteiger partial charge is 0.393 e. The SMILES string of the molecule is CNCCC1(CCNC(=O)CCCCCOC)CC(O)C1. The van der Waals surface area contributed by atoms with Gasteiger partial charge in [-0.2, -0.15) is 0 Å². The van der Waals surface area contributed by atoms with Crippen molar-refractivity contribution in [3.8, 4) is 0 Å². The van der Waals surface area contributed by atoms with Gasteiger partial charge >= 0.3 is 0 Å². The Morgan fingerprint density at radius 3 is 2.57 bits per heavy atom. The van der Waals surface area contributed by atoms with Crippen molar-refractivity contribution < 1.29 is 14.6 Å². The second-order valence-electron chi connectivity index (χ2n) is 6.32. The van der Waals surface area contributed by atoms with Gasteiger partial charge in [0.2, 0.25) is 5.91 Å². The fourth-order valence-electron chi connectivity index (χ4n) is 3.13. The third kappa shape index (κ3) is 7.25. The van der Waals surface area contributed by atoms with E-state index >= 15 is 0 Å². The molecule has 21 heavy (non-hydrogen) atoms. The number of rotatable bonds is 12. The topological polar surface area (TPSA) is 70.6 Å². The Kier molecular flexibility index (Phi) is 8.88. The predicted octanol–water partition coefficient (Wildman–Crippen LogP) is 1.45. The molecule has 0 spiro atoms. The summed E-state index contributed by atoms with van der Waals surface area (Å²) < 4.78 is 4.98. The van der Waals surface area contributed by atoms with Crippen LogP contribution < -0.4 is 10.6 Å². The van der Waals surface area contributed by atoms with Crippen LogP contribution in [0, 0.1) is 5.41 Å². The van der Waals surface area contributed by atoms with Gasteiger partial charge in [0.15, 0.2) is 0 Å². The maximum Gasteiger partial charge on any atom is 0.219 e. The van der Waals surface area contributed by atoms with E-state index in [4.69, 9.17) is 4.74 Å². The summed E-state index contributed by atoms with van der Waals surface area (Å²) in [6.45, 7) is 2.48. The summed E-state index contributed by atoms with van der Waals surface area (Å²) in [6, 6.07) is 0. The zero-order valence-corrected chi connectivity index (χ0v) is 13.6. The summed E-state index contributed by atoms with van der Waals surface area (Å²) in [4.78, 5) is 11.7. The molecule has 1 amide bonds. The molecule has 0 saturated heterocycles. The van der Waals surface area contributed by atoms with E-state index in [1.54, 1.807) is 7.11 Å². The molecule has 0 unspecified atom stereocenters. The number of aliphatic hydroxyl groups excluding tert-OH is 1. The van der Waals surface area contributed by atoms with Crippen LogP contribution in [-0.4, -0.2) is 51.0 Å². The smallest absolute Gasteiger partial charge is 0.219 e. The van der Waals surface area contributed by atoms with E-state index < -0.39 is 0 Å². The van der Waals surface area contributed by atoms with Gasteiger partial charge in [-0.25, -0.2) is 0 Å². The molecule has 0 radical (unpaired) electrons. The monoisotopic (exact) mass is 300 g/mol. The summed E-state index contributed by atoms with van der Waals surface area (Å²) in [7, 11) is 3.65. The molecule has 0 aromatic rings. The molecule has 0 atom stereocenters. The minimum Gasteiger partial charge on any atom is -0.393 e. The first-order valence-corrected chi connectivity index (χ1v) is 8.20. The van der Waals surface area contributed by atoms with Gasteiger partial charge in [-0.1, -0.05) is 6.42 Å². The van der Waals surface area contributed by atoms with Crippen LogP contribution in [0.2, 0.25) is 0 Å². The number of hydrogen-bond acceptors (Lipinski definition) is 4. The summed E-state index contributed by atoms with van der Waals surface area (Å²) in [5.41, 5.74) is 0.230. The second kappa shape index (κ2) is 10.1. The van der Waals surface area contributed by atoms with E-state index in [-0.39, 0.29) is 17.4 Å². The minimum atomic E-state index is -0.140. The number of carbonyl (C=O) groups excluding carboxylic acids is 1. The predicted molar refractivity (Wildman–Crippen MR) is 84.2 cm³/mol. The Morgan fingerprint density at radius 2 is 1.95 bits per heavy atom. The molecule has 0 aromatic carbocycles.